The number of benzene rings is 1. The molecule has 1 fully saturated rings. The van der Waals surface area contributed by atoms with Crippen LogP contribution in [-0.2, 0) is 0 Å². The van der Waals surface area contributed by atoms with Crippen molar-refractivity contribution in [2.45, 2.75) is 50.7 Å². The van der Waals surface area contributed by atoms with Gasteiger partial charge in [0.05, 0.1) is 11.7 Å². The van der Waals surface area contributed by atoms with E-state index in [4.69, 9.17) is 4.42 Å². The Hall–Kier alpha value is -2.67. The van der Waals surface area contributed by atoms with Crippen LogP contribution in [0, 0.1) is 5.82 Å². The molecule has 2 amide bonds. The molecule has 3 rings (SSSR count). The molecule has 1 aliphatic rings. The Bertz CT molecular complexity index is 856. The largest absolute Gasteiger partial charge is 0.454 e. The van der Waals surface area contributed by atoms with Crippen molar-refractivity contribution in [1.82, 2.24) is 10.6 Å². The number of hydrogen-bond donors (Lipinski definition) is 3. The predicted molar refractivity (Wildman–Crippen MR) is 102 cm³/mol. The lowest BCUT2D eigenvalue weighted by molar-refractivity contribution is 0.0864. The highest BCUT2D eigenvalue weighted by Crippen LogP contribution is 2.30. The van der Waals surface area contributed by atoms with Crippen molar-refractivity contribution in [3.05, 3.63) is 58.8 Å². The molecule has 0 unspecified atom stereocenters. The van der Waals surface area contributed by atoms with Gasteiger partial charge in [0.25, 0.3) is 11.8 Å². The summed E-state index contributed by atoms with van der Waals surface area (Å²) in [6.45, 7) is 1.80. The monoisotopic (exact) mass is 388 g/mol. The maximum atomic E-state index is 13.6. The minimum Gasteiger partial charge on any atom is -0.454 e. The van der Waals surface area contributed by atoms with E-state index < -0.39 is 11.8 Å². The number of hydrogen-bond acceptors (Lipinski definition) is 4. The van der Waals surface area contributed by atoms with Crippen LogP contribution in [0.1, 0.15) is 70.8 Å². The van der Waals surface area contributed by atoms with Gasteiger partial charge in [-0.2, -0.15) is 0 Å². The number of amides is 2. The second kappa shape index (κ2) is 8.56. The van der Waals surface area contributed by atoms with Gasteiger partial charge in [0, 0.05) is 25.1 Å². The number of carbonyl (C=O) groups excluding carboxylic acids is 2. The summed E-state index contributed by atoms with van der Waals surface area (Å²) in [5.74, 6) is -1.22. The fourth-order valence-corrected chi connectivity index (χ4v) is 3.55. The summed E-state index contributed by atoms with van der Waals surface area (Å²) in [5.41, 5.74) is 0.911. The van der Waals surface area contributed by atoms with Crippen molar-refractivity contribution in [2.24, 2.45) is 0 Å². The van der Waals surface area contributed by atoms with Crippen LogP contribution in [0.5, 0.6) is 0 Å². The molecule has 0 saturated heterocycles. The maximum absolute atomic E-state index is 13.6. The first-order valence-electron chi connectivity index (χ1n) is 9.49. The number of furan rings is 1. The van der Waals surface area contributed by atoms with Gasteiger partial charge in [0.1, 0.15) is 11.6 Å². The Morgan fingerprint density at radius 2 is 1.89 bits per heavy atom. The molecule has 2 aromatic rings. The van der Waals surface area contributed by atoms with Crippen LogP contribution in [0.2, 0.25) is 0 Å². The molecule has 3 N–H and O–H groups in total. The molecular weight excluding hydrogens is 363 g/mol. The Balaban J connectivity index is 1.89. The zero-order chi connectivity index (χ0) is 20.3. The number of rotatable bonds is 5. The molecule has 150 valence electrons. The van der Waals surface area contributed by atoms with E-state index in [1.807, 2.05) is 0 Å². The zero-order valence-corrected chi connectivity index (χ0v) is 16.0. The lowest BCUT2D eigenvalue weighted by atomic mass is 9.92. The Kier molecular flexibility index (Phi) is 6.14. The molecule has 1 aromatic carbocycles. The smallest absolute Gasteiger partial charge is 0.286 e. The fraction of sp³-hybridized carbons (Fsp3) is 0.429. The van der Waals surface area contributed by atoms with Gasteiger partial charge in [-0.25, -0.2) is 4.39 Å². The number of carbonyl (C=O) groups is 2. The summed E-state index contributed by atoms with van der Waals surface area (Å²) in [7, 11) is 1.48. The summed E-state index contributed by atoms with van der Waals surface area (Å²) in [6.07, 6.45) is 2.37. The molecule has 6 nitrogen and oxygen atoms in total. The van der Waals surface area contributed by atoms with Gasteiger partial charge in [-0.05, 0) is 43.4 Å². The molecule has 1 aromatic heterocycles. The average molecular weight is 388 g/mol. The predicted octanol–water partition coefficient (Wildman–Crippen LogP) is 2.96. The fourth-order valence-electron chi connectivity index (χ4n) is 3.55. The molecule has 0 aliphatic heterocycles. The van der Waals surface area contributed by atoms with Crippen molar-refractivity contribution < 1.29 is 23.5 Å². The van der Waals surface area contributed by atoms with Crippen LogP contribution in [0.25, 0.3) is 0 Å². The first-order chi connectivity index (χ1) is 13.4. The molecule has 1 aliphatic carbocycles. The molecule has 0 radical (unpaired) electrons. The first kappa shape index (κ1) is 20.1. The van der Waals surface area contributed by atoms with Crippen LogP contribution in [0.4, 0.5) is 4.39 Å². The van der Waals surface area contributed by atoms with Gasteiger partial charge in [-0.1, -0.05) is 19.1 Å². The van der Waals surface area contributed by atoms with Gasteiger partial charge in [0.15, 0.2) is 5.76 Å². The van der Waals surface area contributed by atoms with Crippen LogP contribution in [-0.4, -0.2) is 36.1 Å². The number of nitrogens with one attached hydrogen (secondary N) is 2. The zero-order valence-electron chi connectivity index (χ0n) is 16.0. The molecule has 1 heterocycles. The van der Waals surface area contributed by atoms with Gasteiger partial charge in [-0.15, -0.1) is 0 Å². The quantitative estimate of drug-likeness (QED) is 0.734. The highest BCUT2D eigenvalue weighted by atomic mass is 19.1. The van der Waals surface area contributed by atoms with E-state index in [1.165, 1.54) is 25.2 Å². The molecule has 0 bridgehead atoms. The summed E-state index contributed by atoms with van der Waals surface area (Å²) >= 11 is 0. The van der Waals surface area contributed by atoms with E-state index in [2.05, 4.69) is 10.6 Å². The Morgan fingerprint density at radius 1 is 1.18 bits per heavy atom. The van der Waals surface area contributed by atoms with Gasteiger partial charge in [0.2, 0.25) is 0 Å². The summed E-state index contributed by atoms with van der Waals surface area (Å²) in [4.78, 5) is 24.9. The van der Waals surface area contributed by atoms with Crippen molar-refractivity contribution >= 4 is 11.8 Å². The molecule has 1 saturated carbocycles. The molecule has 1 atom stereocenters. The third kappa shape index (κ3) is 4.42. The second-order valence-corrected chi connectivity index (χ2v) is 7.22. The summed E-state index contributed by atoms with van der Waals surface area (Å²) in [6, 6.07) is 7.47. The van der Waals surface area contributed by atoms with Gasteiger partial charge >= 0.3 is 0 Å². The molecular formula is C21H25FN2O4. The van der Waals surface area contributed by atoms with E-state index in [0.29, 0.717) is 37.0 Å². The van der Waals surface area contributed by atoms with E-state index in [0.717, 1.165) is 0 Å². The summed E-state index contributed by atoms with van der Waals surface area (Å²) in [5, 5.41) is 15.1. The SMILES string of the molecule is CNC(=O)c1cc(C(=O)N[C@H]2CC[C@H](O)CC2)c([C@H](C)c2cccc(F)c2)o1. The van der Waals surface area contributed by atoms with E-state index in [1.54, 1.807) is 19.1 Å². The number of aliphatic hydroxyl groups is 1. The van der Waals surface area contributed by atoms with Gasteiger partial charge < -0.3 is 20.2 Å². The topological polar surface area (TPSA) is 91.6 Å². The van der Waals surface area contributed by atoms with Crippen molar-refractivity contribution in [3.63, 3.8) is 0 Å². The van der Waals surface area contributed by atoms with E-state index in [-0.39, 0.29) is 35.2 Å². The first-order valence-corrected chi connectivity index (χ1v) is 9.49. The van der Waals surface area contributed by atoms with E-state index >= 15 is 0 Å². The van der Waals surface area contributed by atoms with E-state index in [9.17, 15) is 19.1 Å². The minimum absolute atomic E-state index is 0.0324. The van der Waals surface area contributed by atoms with Crippen LogP contribution in [0.3, 0.4) is 0 Å². The van der Waals surface area contributed by atoms with Crippen molar-refractivity contribution in [3.8, 4) is 0 Å². The highest BCUT2D eigenvalue weighted by Gasteiger charge is 2.28. The molecule has 7 heteroatoms. The third-order valence-corrected chi connectivity index (χ3v) is 5.23. The van der Waals surface area contributed by atoms with Crippen LogP contribution < -0.4 is 10.6 Å². The lowest BCUT2D eigenvalue weighted by Gasteiger charge is -2.26. The maximum Gasteiger partial charge on any atom is 0.286 e. The number of halogens is 1. The highest BCUT2D eigenvalue weighted by molar-refractivity contribution is 5.99. The lowest BCUT2D eigenvalue weighted by Crippen LogP contribution is -2.38. The van der Waals surface area contributed by atoms with Crippen LogP contribution >= 0.6 is 0 Å². The number of aliphatic hydroxyl groups excluding tert-OH is 1. The molecule has 0 spiro atoms. The average Bonchev–Trinajstić information content (AvgIpc) is 3.14. The molecule has 28 heavy (non-hydrogen) atoms. The Labute approximate surface area is 163 Å². The van der Waals surface area contributed by atoms with Crippen LogP contribution in [0.15, 0.2) is 34.7 Å². The standard InChI is InChI=1S/C21H25FN2O4/c1-12(13-4-3-5-14(22)10-13)19-17(11-18(28-19)21(27)23-2)20(26)24-15-6-8-16(25)9-7-15/h3-5,10-12,15-16,25H,6-9H2,1-2H3,(H,23,27)(H,24,26)/t12-,15-,16-/m1/s1. The van der Waals surface area contributed by atoms with Gasteiger partial charge in [-0.3, -0.25) is 9.59 Å². The van der Waals surface area contributed by atoms with Crippen molar-refractivity contribution in [1.29, 1.82) is 0 Å². The second-order valence-electron chi connectivity index (χ2n) is 7.22. The normalized spacial score (nSPS) is 20.4. The summed E-state index contributed by atoms with van der Waals surface area (Å²) < 4.78 is 19.4. The minimum atomic E-state index is -0.437. The van der Waals surface area contributed by atoms with Crippen molar-refractivity contribution in [2.75, 3.05) is 7.05 Å². The Morgan fingerprint density at radius 3 is 2.54 bits per heavy atom. The third-order valence-electron chi connectivity index (χ3n) is 5.23.